The van der Waals surface area contributed by atoms with Gasteiger partial charge in [-0.25, -0.2) is 0 Å². The fourth-order valence-corrected chi connectivity index (χ4v) is 18.9. The lowest BCUT2D eigenvalue weighted by Crippen LogP contribution is -2.41. The Kier molecular flexibility index (Phi) is 16.9. The molecule has 2 aromatic heterocycles. The van der Waals surface area contributed by atoms with Crippen molar-refractivity contribution in [3.8, 4) is 44.8 Å². The molecule has 1 saturated heterocycles. The van der Waals surface area contributed by atoms with Crippen LogP contribution in [0, 0.1) is 3.57 Å². The number of nitrogens with zero attached hydrogens (tertiary/aromatic N) is 2. The summed E-state index contributed by atoms with van der Waals surface area (Å²) < 4.78 is 21.6. The van der Waals surface area contributed by atoms with Crippen molar-refractivity contribution in [2.45, 2.75) is 49.7 Å². The molecule has 0 amide bonds. The van der Waals surface area contributed by atoms with Crippen molar-refractivity contribution in [2.75, 3.05) is 0 Å². The van der Waals surface area contributed by atoms with E-state index in [2.05, 4.69) is 437 Å². The fourth-order valence-electron chi connectivity index (χ4n) is 17.7. The van der Waals surface area contributed by atoms with Gasteiger partial charge in [-0.1, -0.05) is 325 Å². The highest BCUT2D eigenvalue weighted by Crippen LogP contribution is 2.59. The van der Waals surface area contributed by atoms with E-state index in [4.69, 9.17) is 9.31 Å². The molecule has 2 aliphatic carbocycles. The SMILES string of the molecule is Brc1ccccc1-c1ccc2c3ccc4ccccc4c3n(-c3ccc4c(c3)-c3ccccc3C4(c3ccccc3)c3ccccc3)c2c1.Brc1ccccc1I.CC1(C)OB(c2ccc3c4ccc5ccccc5c4n(-c4ccc5c(c4)-c4ccccc4C5(c4ccccc4)c4ccccc4)c3c2)OC1(C)C. The number of fused-ring (bicyclic) bond motifs is 16. The van der Waals surface area contributed by atoms with Gasteiger partial charge >= 0.3 is 7.12 Å². The normalized spacial score (nSPS) is 14.6. The highest BCUT2D eigenvalue weighted by molar-refractivity contribution is 14.1. The van der Waals surface area contributed by atoms with Crippen molar-refractivity contribution in [2.24, 2.45) is 0 Å². The number of halogens is 3. The Bertz CT molecular complexity index is 6450. The quantitative estimate of drug-likeness (QED) is 0.112. The molecule has 8 heteroatoms. The average molecular weight is 1630 g/mol. The van der Waals surface area contributed by atoms with E-state index in [1.165, 1.54) is 146 Å². The summed E-state index contributed by atoms with van der Waals surface area (Å²) in [6.07, 6.45) is 0. The van der Waals surface area contributed by atoms with Crippen LogP contribution in [0.15, 0.2) is 373 Å². The van der Waals surface area contributed by atoms with Crippen LogP contribution >= 0.6 is 54.5 Å². The molecule has 108 heavy (non-hydrogen) atoms. The van der Waals surface area contributed by atoms with Gasteiger partial charge < -0.3 is 18.4 Å². The first-order valence-electron chi connectivity index (χ1n) is 37.0. The molecule has 21 rings (SSSR count). The Balaban J connectivity index is 0.000000133. The third-order valence-corrected chi connectivity index (χ3v) is 26.3. The first-order chi connectivity index (χ1) is 52.8. The average Bonchev–Trinajstić information content (AvgIpc) is 1.53. The molecule has 0 bridgehead atoms. The molecule has 16 aromatic carbocycles. The Morgan fingerprint density at radius 3 is 1.11 bits per heavy atom. The van der Waals surface area contributed by atoms with E-state index in [-0.39, 0.29) is 0 Å². The molecule has 4 nitrogen and oxygen atoms in total. The van der Waals surface area contributed by atoms with Gasteiger partial charge in [0.2, 0.25) is 0 Å². The highest BCUT2D eigenvalue weighted by atomic mass is 127. The van der Waals surface area contributed by atoms with E-state index in [0.29, 0.717) is 0 Å². The van der Waals surface area contributed by atoms with Crippen LogP contribution in [0.2, 0.25) is 0 Å². The summed E-state index contributed by atoms with van der Waals surface area (Å²) in [4.78, 5) is 0. The molecule has 1 aliphatic heterocycles. The summed E-state index contributed by atoms with van der Waals surface area (Å²) in [5.74, 6) is 0. The Hall–Kier alpha value is -10.7. The van der Waals surface area contributed by atoms with Gasteiger partial charge in [-0.05, 0) is 215 Å². The first-order valence-corrected chi connectivity index (χ1v) is 39.6. The molecule has 3 aliphatic rings. The molecule has 0 spiro atoms. The molecular weight excluding hydrogens is 1560 g/mol. The maximum atomic E-state index is 6.56. The summed E-state index contributed by atoms with van der Waals surface area (Å²) in [6, 6.07) is 133. The summed E-state index contributed by atoms with van der Waals surface area (Å²) in [7, 11) is -0.452. The molecule has 0 unspecified atom stereocenters. The van der Waals surface area contributed by atoms with Gasteiger partial charge in [-0.2, -0.15) is 0 Å². The topological polar surface area (TPSA) is 28.3 Å². The predicted octanol–water partition coefficient (Wildman–Crippen LogP) is 26.4. The van der Waals surface area contributed by atoms with E-state index < -0.39 is 29.2 Å². The van der Waals surface area contributed by atoms with Crippen molar-refractivity contribution in [1.29, 1.82) is 0 Å². The van der Waals surface area contributed by atoms with Gasteiger partial charge in [0, 0.05) is 56.2 Å². The number of hydrogen-bond donors (Lipinski definition) is 0. The van der Waals surface area contributed by atoms with Crippen LogP contribution in [-0.4, -0.2) is 27.5 Å². The minimum atomic E-state index is -0.452. The van der Waals surface area contributed by atoms with Gasteiger partial charge in [0.15, 0.2) is 0 Å². The monoisotopic (exact) mass is 1630 g/mol. The molecule has 0 saturated carbocycles. The second-order valence-corrected chi connectivity index (χ2v) is 32.4. The Morgan fingerprint density at radius 1 is 0.296 bits per heavy atom. The Labute approximate surface area is 660 Å². The molecule has 1 fully saturated rings. The van der Waals surface area contributed by atoms with Crippen LogP contribution in [0.4, 0.5) is 0 Å². The van der Waals surface area contributed by atoms with Gasteiger partial charge in [0.25, 0.3) is 0 Å². The lowest BCUT2D eigenvalue weighted by atomic mass is 9.68. The zero-order valence-corrected chi connectivity index (χ0v) is 65.4. The van der Waals surface area contributed by atoms with Crippen molar-refractivity contribution in [3.05, 3.63) is 421 Å². The molecule has 3 heterocycles. The standard InChI is InChI=1S/C47H38BNO2.C47H30BrN.C6H4BrI/c1-45(2)46(3,4)51-48(50-45)34-24-27-38-39-26-23-31-15-11-12-20-36(31)44(39)49(43(38)29-34)35-25-28-42-40(30-35)37-21-13-14-22-41(37)47(42,32-16-7-5-8-17-32)33-18-9-6-10-19-33;48-44-22-12-10-18-36(44)32-24-26-39-40-27-23-31-13-7-8-19-37(31)46(40)49(45(39)29-32)35-25-28-43-41(30-35)38-20-9-11-21-42(38)47(43,33-14-3-1-4-15-33)34-16-5-2-6-17-34;7-5-3-1-2-4-6(5)8/h5-30H,1-4H3;1-30H;1-4H. The van der Waals surface area contributed by atoms with Crippen LogP contribution in [0.5, 0.6) is 0 Å². The van der Waals surface area contributed by atoms with Crippen LogP contribution in [0.3, 0.4) is 0 Å². The van der Waals surface area contributed by atoms with Crippen LogP contribution in [0.1, 0.15) is 72.2 Å². The smallest absolute Gasteiger partial charge is 0.399 e. The fraction of sp³-hybridized carbons (Fsp3) is 0.0800. The predicted molar refractivity (Wildman–Crippen MR) is 467 cm³/mol. The van der Waals surface area contributed by atoms with Crippen LogP contribution < -0.4 is 5.46 Å². The van der Waals surface area contributed by atoms with Gasteiger partial charge in [0.05, 0.1) is 44.1 Å². The third-order valence-electron chi connectivity index (χ3n) is 23.3. The third kappa shape index (κ3) is 10.8. The zero-order valence-electron chi connectivity index (χ0n) is 60.1. The van der Waals surface area contributed by atoms with Gasteiger partial charge in [-0.3, -0.25) is 0 Å². The summed E-state index contributed by atoms with van der Waals surface area (Å²) in [6.45, 7) is 8.45. The first kappa shape index (κ1) is 67.9. The second kappa shape index (κ2) is 26.9. The number of benzene rings is 16. The molecule has 0 atom stereocenters. The van der Waals surface area contributed by atoms with E-state index in [0.717, 1.165) is 26.8 Å². The van der Waals surface area contributed by atoms with Gasteiger partial charge in [0.1, 0.15) is 0 Å². The highest BCUT2D eigenvalue weighted by Gasteiger charge is 2.52. The zero-order chi connectivity index (χ0) is 73.0. The van der Waals surface area contributed by atoms with Crippen molar-refractivity contribution in [1.82, 2.24) is 9.13 Å². The summed E-state index contributed by atoms with van der Waals surface area (Å²) >= 11 is 9.48. The van der Waals surface area contributed by atoms with E-state index in [9.17, 15) is 0 Å². The molecule has 0 radical (unpaired) electrons. The van der Waals surface area contributed by atoms with E-state index in [1.54, 1.807) is 0 Å². The molecule has 518 valence electrons. The van der Waals surface area contributed by atoms with Crippen molar-refractivity contribution >= 4 is 132 Å². The summed E-state index contributed by atoms with van der Waals surface area (Å²) in [5.41, 5.74) is 24.2. The maximum Gasteiger partial charge on any atom is 0.494 e. The lowest BCUT2D eigenvalue weighted by Gasteiger charge is -2.33. The molecular formula is C100H72BBr2IN2O2. The van der Waals surface area contributed by atoms with E-state index in [1.807, 2.05) is 18.2 Å². The number of aromatic nitrogens is 2. The Morgan fingerprint density at radius 2 is 0.667 bits per heavy atom. The minimum Gasteiger partial charge on any atom is -0.399 e. The number of hydrogen-bond acceptors (Lipinski definition) is 2. The largest absolute Gasteiger partial charge is 0.494 e. The minimum absolute atomic E-state index is 0.423. The maximum absolute atomic E-state index is 6.56. The van der Waals surface area contributed by atoms with Crippen LogP contribution in [-0.2, 0) is 20.1 Å². The molecule has 18 aromatic rings. The van der Waals surface area contributed by atoms with Crippen molar-refractivity contribution < 1.29 is 9.31 Å². The van der Waals surface area contributed by atoms with E-state index >= 15 is 0 Å². The number of rotatable bonds is 8. The van der Waals surface area contributed by atoms with Gasteiger partial charge in [-0.15, -0.1) is 0 Å². The lowest BCUT2D eigenvalue weighted by molar-refractivity contribution is 0.00578. The van der Waals surface area contributed by atoms with Crippen molar-refractivity contribution in [3.63, 3.8) is 0 Å². The summed E-state index contributed by atoms with van der Waals surface area (Å²) in [5, 5.41) is 9.89. The van der Waals surface area contributed by atoms with Crippen LogP contribution in [0.25, 0.3) is 110 Å². The molecule has 0 N–H and O–H groups in total. The second-order valence-electron chi connectivity index (χ2n) is 29.5.